The Hall–Kier alpha value is -2.64. The minimum Gasteiger partial charge on any atom is -0.497 e. The van der Waals surface area contributed by atoms with Crippen LogP contribution in [0.4, 0.5) is 0 Å². The van der Waals surface area contributed by atoms with Crippen molar-refractivity contribution < 1.29 is 14.4 Å². The average Bonchev–Trinajstić information content (AvgIpc) is 2.98. The number of hydrogen-bond acceptors (Lipinski definition) is 6. The molecule has 1 aromatic heterocycles. The molecule has 0 amide bonds. The van der Waals surface area contributed by atoms with E-state index < -0.39 is 6.04 Å². The smallest absolute Gasteiger partial charge is 0.271 e. The number of rotatable bonds is 4. The van der Waals surface area contributed by atoms with Crippen LogP contribution in [-0.4, -0.2) is 33.9 Å². The van der Waals surface area contributed by atoms with Crippen molar-refractivity contribution in [2.24, 2.45) is 0 Å². The molecule has 1 aromatic carbocycles. The fourth-order valence-electron chi connectivity index (χ4n) is 2.59. The van der Waals surface area contributed by atoms with E-state index in [1.165, 1.54) is 0 Å². The summed E-state index contributed by atoms with van der Waals surface area (Å²) < 4.78 is 12.1. The first-order valence-corrected chi connectivity index (χ1v) is 6.94. The Balaban J connectivity index is 2.05. The second kappa shape index (κ2) is 5.63. The van der Waals surface area contributed by atoms with Crippen molar-refractivity contribution in [3.05, 3.63) is 34.1 Å². The number of nitro groups is 1. The van der Waals surface area contributed by atoms with E-state index in [2.05, 4.69) is 10.1 Å². The molecule has 1 aliphatic heterocycles. The molecule has 1 atom stereocenters. The molecular formula is C14H16N4O4. The van der Waals surface area contributed by atoms with Gasteiger partial charge in [0.15, 0.2) is 5.82 Å². The molecule has 0 fully saturated rings. The molecule has 1 unspecified atom stereocenters. The molecule has 0 saturated carbocycles. The third-order valence-electron chi connectivity index (χ3n) is 3.71. The van der Waals surface area contributed by atoms with Gasteiger partial charge < -0.3 is 9.47 Å². The van der Waals surface area contributed by atoms with Gasteiger partial charge in [-0.1, -0.05) is 0 Å². The fourth-order valence-corrected chi connectivity index (χ4v) is 2.59. The van der Waals surface area contributed by atoms with E-state index in [1.54, 1.807) is 37.1 Å². The minimum absolute atomic E-state index is 0.296. The Bertz CT molecular complexity index is 691. The molecule has 0 aliphatic carbocycles. The van der Waals surface area contributed by atoms with Crippen LogP contribution in [0.25, 0.3) is 11.4 Å². The number of fused-ring (bicyclic) bond motifs is 1. The molecule has 116 valence electrons. The zero-order valence-corrected chi connectivity index (χ0v) is 12.4. The zero-order chi connectivity index (χ0) is 15.7. The molecular weight excluding hydrogens is 288 g/mol. The lowest BCUT2D eigenvalue weighted by Gasteiger charge is -2.15. The number of ether oxygens (including phenoxy) is 2. The van der Waals surface area contributed by atoms with Crippen molar-refractivity contribution in [2.45, 2.75) is 25.4 Å². The van der Waals surface area contributed by atoms with Crippen LogP contribution in [0.5, 0.6) is 11.5 Å². The standard InChI is InChI=1S/C14H16N4O4/c1-21-10-6-9(7-11(8-10)22-2)13-15-14-12(18(19)20)4-3-5-17(14)16-13/h6-8,12H,3-5H2,1-2H3. The van der Waals surface area contributed by atoms with Crippen LogP contribution in [0.15, 0.2) is 18.2 Å². The van der Waals surface area contributed by atoms with Gasteiger partial charge in [-0.2, -0.15) is 5.10 Å². The minimum atomic E-state index is -0.789. The van der Waals surface area contributed by atoms with Crippen molar-refractivity contribution in [1.82, 2.24) is 14.8 Å². The Morgan fingerprint density at radius 3 is 2.55 bits per heavy atom. The zero-order valence-electron chi connectivity index (χ0n) is 12.4. The number of aromatic nitrogens is 3. The molecule has 3 rings (SSSR count). The lowest BCUT2D eigenvalue weighted by atomic mass is 10.1. The summed E-state index contributed by atoms with van der Waals surface area (Å²) in [4.78, 5) is 15.2. The second-order valence-electron chi connectivity index (χ2n) is 5.06. The van der Waals surface area contributed by atoms with E-state index in [0.717, 1.165) is 6.42 Å². The highest BCUT2D eigenvalue weighted by Gasteiger charge is 2.33. The molecule has 0 N–H and O–H groups in total. The van der Waals surface area contributed by atoms with Crippen LogP contribution in [0.3, 0.4) is 0 Å². The van der Waals surface area contributed by atoms with Crippen molar-refractivity contribution >= 4 is 0 Å². The Labute approximate surface area is 126 Å². The number of benzene rings is 1. The summed E-state index contributed by atoms with van der Waals surface area (Å²) >= 11 is 0. The first-order valence-electron chi connectivity index (χ1n) is 6.94. The third kappa shape index (κ3) is 2.47. The second-order valence-corrected chi connectivity index (χ2v) is 5.06. The number of aryl methyl sites for hydroxylation is 1. The van der Waals surface area contributed by atoms with E-state index >= 15 is 0 Å². The Morgan fingerprint density at radius 2 is 1.95 bits per heavy atom. The van der Waals surface area contributed by atoms with Crippen molar-refractivity contribution in [2.75, 3.05) is 14.2 Å². The van der Waals surface area contributed by atoms with Gasteiger partial charge in [0.2, 0.25) is 5.82 Å². The Morgan fingerprint density at radius 1 is 1.27 bits per heavy atom. The summed E-state index contributed by atoms with van der Waals surface area (Å²) in [5.74, 6) is 2.09. The Kier molecular flexibility index (Phi) is 3.66. The van der Waals surface area contributed by atoms with E-state index in [9.17, 15) is 10.1 Å². The lowest BCUT2D eigenvalue weighted by molar-refractivity contribution is -0.533. The SMILES string of the molecule is COc1cc(OC)cc(-c2nc3n(n2)CCCC3[N+](=O)[O-])c1. The van der Waals surface area contributed by atoms with E-state index in [0.29, 0.717) is 41.7 Å². The first kappa shape index (κ1) is 14.3. The quantitative estimate of drug-likeness (QED) is 0.634. The third-order valence-corrected chi connectivity index (χ3v) is 3.71. The predicted octanol–water partition coefficient (Wildman–Crippen LogP) is 2.07. The van der Waals surface area contributed by atoms with Crippen LogP contribution < -0.4 is 9.47 Å². The fraction of sp³-hybridized carbons (Fsp3) is 0.429. The average molecular weight is 304 g/mol. The van der Waals surface area contributed by atoms with Crippen molar-refractivity contribution in [3.63, 3.8) is 0 Å². The maximum absolute atomic E-state index is 11.1. The van der Waals surface area contributed by atoms with Gasteiger partial charge in [0.1, 0.15) is 11.5 Å². The molecule has 0 radical (unpaired) electrons. The van der Waals surface area contributed by atoms with Gasteiger partial charge in [-0.15, -0.1) is 0 Å². The number of nitrogens with zero attached hydrogens (tertiary/aromatic N) is 4. The van der Waals surface area contributed by atoms with E-state index in [4.69, 9.17) is 9.47 Å². The molecule has 22 heavy (non-hydrogen) atoms. The monoisotopic (exact) mass is 304 g/mol. The van der Waals surface area contributed by atoms with Crippen LogP contribution in [-0.2, 0) is 6.54 Å². The summed E-state index contributed by atoms with van der Waals surface area (Å²) in [7, 11) is 3.12. The van der Waals surface area contributed by atoms with Crippen molar-refractivity contribution in [3.8, 4) is 22.9 Å². The predicted molar refractivity (Wildman–Crippen MR) is 77.5 cm³/mol. The molecule has 1 aliphatic rings. The first-order chi connectivity index (χ1) is 10.6. The number of methoxy groups -OCH3 is 2. The highest BCUT2D eigenvalue weighted by Crippen LogP contribution is 2.31. The highest BCUT2D eigenvalue weighted by molar-refractivity contribution is 5.60. The van der Waals surface area contributed by atoms with Gasteiger partial charge in [-0.25, -0.2) is 9.67 Å². The van der Waals surface area contributed by atoms with Gasteiger partial charge in [0.05, 0.1) is 14.2 Å². The summed E-state index contributed by atoms with van der Waals surface area (Å²) in [6, 6.07) is 4.53. The number of hydrogen-bond donors (Lipinski definition) is 0. The van der Waals surface area contributed by atoms with E-state index in [-0.39, 0.29) is 4.92 Å². The lowest BCUT2D eigenvalue weighted by Crippen LogP contribution is -2.22. The van der Waals surface area contributed by atoms with Crippen molar-refractivity contribution in [1.29, 1.82) is 0 Å². The van der Waals surface area contributed by atoms with Gasteiger partial charge in [-0.05, 0) is 18.6 Å². The summed E-state index contributed by atoms with van der Waals surface area (Å²) in [6.07, 6.45) is 1.22. The molecule has 8 heteroatoms. The van der Waals surface area contributed by atoms with Gasteiger partial charge >= 0.3 is 0 Å². The highest BCUT2D eigenvalue weighted by atomic mass is 16.6. The van der Waals surface area contributed by atoms with Crippen LogP contribution in [0.2, 0.25) is 0 Å². The molecule has 8 nitrogen and oxygen atoms in total. The van der Waals surface area contributed by atoms with Gasteiger partial charge in [0, 0.05) is 29.5 Å². The molecule has 0 spiro atoms. The van der Waals surface area contributed by atoms with Crippen LogP contribution >= 0.6 is 0 Å². The largest absolute Gasteiger partial charge is 0.497 e. The molecule has 2 heterocycles. The topological polar surface area (TPSA) is 92.3 Å². The maximum Gasteiger partial charge on any atom is 0.271 e. The molecule has 2 aromatic rings. The summed E-state index contributed by atoms with van der Waals surface area (Å²) in [5, 5.41) is 15.5. The molecule has 0 saturated heterocycles. The normalized spacial score (nSPS) is 16.9. The van der Waals surface area contributed by atoms with Gasteiger partial charge in [0.25, 0.3) is 6.04 Å². The van der Waals surface area contributed by atoms with Crippen LogP contribution in [0.1, 0.15) is 24.7 Å². The van der Waals surface area contributed by atoms with E-state index in [1.807, 2.05) is 0 Å². The molecule has 0 bridgehead atoms. The summed E-state index contributed by atoms with van der Waals surface area (Å²) in [6.45, 7) is 0.647. The van der Waals surface area contributed by atoms with Crippen LogP contribution in [0, 0.1) is 10.1 Å². The maximum atomic E-state index is 11.1. The summed E-state index contributed by atoms with van der Waals surface area (Å²) in [5.41, 5.74) is 0.709. The van der Waals surface area contributed by atoms with Gasteiger partial charge in [-0.3, -0.25) is 10.1 Å².